The normalized spacial score (nSPS) is 14.5. The van der Waals surface area contributed by atoms with E-state index < -0.39 is 0 Å². The highest BCUT2D eigenvalue weighted by atomic mass is 16.7. The molecule has 1 aliphatic heterocycles. The molecule has 1 unspecified atom stereocenters. The van der Waals surface area contributed by atoms with Gasteiger partial charge in [-0.1, -0.05) is 13.8 Å². The fourth-order valence-corrected chi connectivity index (χ4v) is 2.84. The first-order valence-corrected chi connectivity index (χ1v) is 7.66. The molecular formula is C16H26N2O3. The molecule has 0 spiro atoms. The second kappa shape index (κ2) is 7.52. The standard InChI is InChI=1S/C16H26N2O3/c1-4-6-18(7-5-2)13(10-17)12-8-14(19-3)16-15(9-12)20-11-21-16/h8-9,13H,4-7,10-11,17H2,1-3H3. The molecule has 0 saturated heterocycles. The number of ether oxygens (including phenoxy) is 3. The summed E-state index contributed by atoms with van der Waals surface area (Å²) < 4.78 is 16.4. The van der Waals surface area contributed by atoms with Crippen LogP contribution in [0.4, 0.5) is 0 Å². The van der Waals surface area contributed by atoms with Crippen LogP contribution in [0.15, 0.2) is 12.1 Å². The average molecular weight is 294 g/mol. The lowest BCUT2D eigenvalue weighted by molar-refractivity contribution is 0.171. The van der Waals surface area contributed by atoms with Crippen molar-refractivity contribution in [1.82, 2.24) is 4.90 Å². The Hall–Kier alpha value is -1.46. The minimum Gasteiger partial charge on any atom is -0.493 e. The summed E-state index contributed by atoms with van der Waals surface area (Å²) in [6.07, 6.45) is 2.22. The molecule has 1 aliphatic rings. The fraction of sp³-hybridized carbons (Fsp3) is 0.625. The first kappa shape index (κ1) is 15.9. The van der Waals surface area contributed by atoms with Gasteiger partial charge in [0.1, 0.15) is 0 Å². The van der Waals surface area contributed by atoms with E-state index in [1.807, 2.05) is 12.1 Å². The van der Waals surface area contributed by atoms with E-state index in [9.17, 15) is 0 Å². The van der Waals surface area contributed by atoms with E-state index in [4.69, 9.17) is 19.9 Å². The van der Waals surface area contributed by atoms with Crippen LogP contribution in [0.2, 0.25) is 0 Å². The topological polar surface area (TPSA) is 57.0 Å². The van der Waals surface area contributed by atoms with Crippen LogP contribution in [-0.4, -0.2) is 38.4 Å². The van der Waals surface area contributed by atoms with Crippen molar-refractivity contribution in [2.45, 2.75) is 32.7 Å². The van der Waals surface area contributed by atoms with E-state index in [2.05, 4.69) is 18.7 Å². The number of hydrogen-bond acceptors (Lipinski definition) is 5. The van der Waals surface area contributed by atoms with Gasteiger partial charge in [-0.05, 0) is 43.6 Å². The Morgan fingerprint density at radius 2 is 1.95 bits per heavy atom. The molecule has 1 atom stereocenters. The van der Waals surface area contributed by atoms with Gasteiger partial charge in [-0.15, -0.1) is 0 Å². The van der Waals surface area contributed by atoms with Crippen LogP contribution in [-0.2, 0) is 0 Å². The maximum Gasteiger partial charge on any atom is 0.231 e. The van der Waals surface area contributed by atoms with Crippen LogP contribution < -0.4 is 19.9 Å². The number of methoxy groups -OCH3 is 1. The Morgan fingerprint density at radius 1 is 1.24 bits per heavy atom. The molecule has 0 fully saturated rings. The highest BCUT2D eigenvalue weighted by Crippen LogP contribution is 2.43. The minimum absolute atomic E-state index is 0.174. The predicted octanol–water partition coefficient (Wildman–Crippen LogP) is 2.55. The Balaban J connectivity index is 2.32. The van der Waals surface area contributed by atoms with Crippen LogP contribution in [0.5, 0.6) is 17.2 Å². The zero-order chi connectivity index (χ0) is 15.2. The van der Waals surface area contributed by atoms with E-state index in [-0.39, 0.29) is 12.8 Å². The number of nitrogens with two attached hydrogens (primary N) is 1. The van der Waals surface area contributed by atoms with E-state index >= 15 is 0 Å². The average Bonchev–Trinajstić information content (AvgIpc) is 2.96. The van der Waals surface area contributed by atoms with Crippen LogP contribution in [0.25, 0.3) is 0 Å². The van der Waals surface area contributed by atoms with Crippen molar-refractivity contribution in [3.8, 4) is 17.2 Å². The Morgan fingerprint density at radius 3 is 2.52 bits per heavy atom. The van der Waals surface area contributed by atoms with Gasteiger partial charge in [-0.25, -0.2) is 0 Å². The summed E-state index contributed by atoms with van der Waals surface area (Å²) in [5.74, 6) is 2.15. The van der Waals surface area contributed by atoms with Crippen LogP contribution >= 0.6 is 0 Å². The fourth-order valence-electron chi connectivity index (χ4n) is 2.84. The molecule has 5 heteroatoms. The van der Waals surface area contributed by atoms with E-state index in [1.165, 1.54) is 0 Å². The molecule has 2 rings (SSSR count). The highest BCUT2D eigenvalue weighted by Gasteiger charge is 2.25. The van der Waals surface area contributed by atoms with Gasteiger partial charge in [-0.3, -0.25) is 4.90 Å². The van der Waals surface area contributed by atoms with Gasteiger partial charge < -0.3 is 19.9 Å². The van der Waals surface area contributed by atoms with E-state index in [0.717, 1.165) is 37.2 Å². The molecule has 0 radical (unpaired) electrons. The molecule has 0 amide bonds. The lowest BCUT2D eigenvalue weighted by Crippen LogP contribution is -2.35. The third-order valence-corrected chi connectivity index (χ3v) is 3.75. The molecule has 5 nitrogen and oxygen atoms in total. The molecule has 1 aromatic carbocycles. The number of rotatable bonds is 8. The van der Waals surface area contributed by atoms with Gasteiger partial charge in [0.05, 0.1) is 7.11 Å². The van der Waals surface area contributed by atoms with E-state index in [1.54, 1.807) is 7.11 Å². The number of nitrogens with zero attached hydrogens (tertiary/aromatic N) is 1. The molecular weight excluding hydrogens is 268 g/mol. The Bertz CT molecular complexity index is 459. The van der Waals surface area contributed by atoms with Gasteiger partial charge in [0.2, 0.25) is 12.5 Å². The quantitative estimate of drug-likeness (QED) is 0.798. The summed E-state index contributed by atoms with van der Waals surface area (Å²) in [5.41, 5.74) is 7.17. The lowest BCUT2D eigenvalue weighted by atomic mass is 10.0. The molecule has 21 heavy (non-hydrogen) atoms. The molecule has 2 N–H and O–H groups in total. The second-order valence-electron chi connectivity index (χ2n) is 5.24. The van der Waals surface area contributed by atoms with Gasteiger partial charge >= 0.3 is 0 Å². The molecule has 0 aliphatic carbocycles. The molecule has 0 aromatic heterocycles. The van der Waals surface area contributed by atoms with Crippen LogP contribution in [0, 0.1) is 0 Å². The van der Waals surface area contributed by atoms with Crippen molar-refractivity contribution in [2.24, 2.45) is 5.73 Å². The van der Waals surface area contributed by atoms with Crippen molar-refractivity contribution in [1.29, 1.82) is 0 Å². The van der Waals surface area contributed by atoms with Gasteiger partial charge in [0.15, 0.2) is 11.5 Å². The van der Waals surface area contributed by atoms with Crippen LogP contribution in [0.3, 0.4) is 0 Å². The Kier molecular flexibility index (Phi) is 5.70. The maximum atomic E-state index is 6.05. The molecule has 0 saturated carbocycles. The number of benzene rings is 1. The van der Waals surface area contributed by atoms with Gasteiger partial charge in [-0.2, -0.15) is 0 Å². The summed E-state index contributed by atoms with van der Waals surface area (Å²) in [6.45, 7) is 7.27. The second-order valence-corrected chi connectivity index (χ2v) is 5.24. The number of hydrogen-bond donors (Lipinski definition) is 1. The maximum absolute atomic E-state index is 6.05. The zero-order valence-electron chi connectivity index (χ0n) is 13.2. The highest BCUT2D eigenvalue weighted by molar-refractivity contribution is 5.55. The zero-order valence-corrected chi connectivity index (χ0v) is 13.2. The van der Waals surface area contributed by atoms with E-state index in [0.29, 0.717) is 18.0 Å². The largest absolute Gasteiger partial charge is 0.493 e. The predicted molar refractivity (Wildman–Crippen MR) is 83.1 cm³/mol. The smallest absolute Gasteiger partial charge is 0.231 e. The first-order chi connectivity index (χ1) is 10.2. The third-order valence-electron chi connectivity index (χ3n) is 3.75. The molecule has 118 valence electrons. The van der Waals surface area contributed by atoms with Crippen molar-refractivity contribution >= 4 is 0 Å². The molecule has 1 aromatic rings. The lowest BCUT2D eigenvalue weighted by Gasteiger charge is -2.31. The van der Waals surface area contributed by atoms with Crippen molar-refractivity contribution < 1.29 is 14.2 Å². The first-order valence-electron chi connectivity index (χ1n) is 7.66. The molecule has 0 bridgehead atoms. The number of fused-ring (bicyclic) bond motifs is 1. The van der Waals surface area contributed by atoms with Crippen molar-refractivity contribution in [3.05, 3.63) is 17.7 Å². The van der Waals surface area contributed by atoms with Crippen molar-refractivity contribution in [3.63, 3.8) is 0 Å². The summed E-state index contributed by atoms with van der Waals surface area (Å²) in [7, 11) is 1.65. The van der Waals surface area contributed by atoms with Crippen molar-refractivity contribution in [2.75, 3.05) is 33.5 Å². The third kappa shape index (κ3) is 3.41. The Labute approximate surface area is 127 Å². The van der Waals surface area contributed by atoms with Crippen LogP contribution in [0.1, 0.15) is 38.3 Å². The summed E-state index contributed by atoms with van der Waals surface area (Å²) in [5, 5.41) is 0. The summed E-state index contributed by atoms with van der Waals surface area (Å²) in [6, 6.07) is 4.22. The van der Waals surface area contributed by atoms with Gasteiger partial charge in [0, 0.05) is 12.6 Å². The minimum atomic E-state index is 0.174. The summed E-state index contributed by atoms with van der Waals surface area (Å²) >= 11 is 0. The molecule has 1 heterocycles. The monoisotopic (exact) mass is 294 g/mol. The SMILES string of the molecule is CCCN(CCC)C(CN)c1cc(OC)c2c(c1)OCO2. The summed E-state index contributed by atoms with van der Waals surface area (Å²) in [4.78, 5) is 2.43. The van der Waals surface area contributed by atoms with Gasteiger partial charge in [0.25, 0.3) is 0 Å².